The molecule has 0 radical (unpaired) electrons. The first-order valence-corrected chi connectivity index (χ1v) is 11.3. The van der Waals surface area contributed by atoms with Gasteiger partial charge >= 0.3 is 0 Å². The third-order valence-electron chi connectivity index (χ3n) is 4.23. The van der Waals surface area contributed by atoms with Crippen LogP contribution in [-0.4, -0.2) is 64.1 Å². The van der Waals surface area contributed by atoms with Crippen LogP contribution in [0.15, 0.2) is 41.3 Å². The van der Waals surface area contributed by atoms with Gasteiger partial charge in [0.2, 0.25) is 10.0 Å². The Bertz CT molecular complexity index is 833. The first-order chi connectivity index (χ1) is 12.9. The van der Waals surface area contributed by atoms with Gasteiger partial charge in [-0.3, -0.25) is 4.90 Å². The average Bonchev–Trinajstić information content (AvgIpc) is 3.07. The molecule has 2 aromatic rings. The highest BCUT2D eigenvalue weighted by atomic mass is 35.5. The molecule has 0 amide bonds. The minimum atomic E-state index is -3.47. The molecule has 1 fully saturated rings. The molecular weight excluding hydrogens is 408 g/mol. The second-order valence-corrected chi connectivity index (χ2v) is 10.0. The third kappa shape index (κ3) is 5.66. The van der Waals surface area contributed by atoms with Gasteiger partial charge in [0.05, 0.1) is 22.4 Å². The molecule has 0 unspecified atom stereocenters. The Morgan fingerprint density at radius 3 is 2.52 bits per heavy atom. The summed E-state index contributed by atoms with van der Waals surface area (Å²) in [7, 11) is -1.44. The van der Waals surface area contributed by atoms with E-state index in [0.717, 1.165) is 17.4 Å². The van der Waals surface area contributed by atoms with Crippen molar-refractivity contribution in [2.45, 2.75) is 11.4 Å². The molecular formula is C18H23ClN2O4S2. The zero-order valence-corrected chi connectivity index (χ0v) is 17.5. The summed E-state index contributed by atoms with van der Waals surface area (Å²) in [4.78, 5) is 3.64. The Morgan fingerprint density at radius 1 is 1.19 bits per heavy atom. The molecule has 0 saturated carbocycles. The molecule has 1 aliphatic heterocycles. The third-order valence-corrected chi connectivity index (χ3v) is 7.36. The molecule has 148 valence electrons. The monoisotopic (exact) mass is 430 g/mol. The molecule has 3 rings (SSSR count). The largest absolute Gasteiger partial charge is 0.492 e. The van der Waals surface area contributed by atoms with Crippen LogP contribution in [0, 0.1) is 0 Å². The summed E-state index contributed by atoms with van der Waals surface area (Å²) in [5.74, 6) is 0.656. The Hall–Kier alpha value is -1.16. The number of ether oxygens (including phenoxy) is 2. The summed E-state index contributed by atoms with van der Waals surface area (Å²) in [6, 6.07) is 10.5. The highest BCUT2D eigenvalue weighted by molar-refractivity contribution is 7.89. The number of rotatable bonds is 8. The SMILES string of the molecule is CN(CCOc1ccc(S(=O)(=O)N2CCOCC2)cc1)Cc1ccc(Cl)s1. The molecule has 2 heterocycles. The van der Waals surface area contributed by atoms with E-state index in [-0.39, 0.29) is 4.90 Å². The number of benzene rings is 1. The molecule has 1 aromatic heterocycles. The summed E-state index contributed by atoms with van der Waals surface area (Å²) >= 11 is 7.52. The maximum atomic E-state index is 12.6. The normalized spacial score (nSPS) is 16.0. The van der Waals surface area contributed by atoms with Gasteiger partial charge in [-0.25, -0.2) is 8.42 Å². The predicted octanol–water partition coefficient (Wildman–Crippen LogP) is 2.93. The Balaban J connectivity index is 1.48. The molecule has 0 atom stereocenters. The quantitative estimate of drug-likeness (QED) is 0.644. The lowest BCUT2D eigenvalue weighted by Crippen LogP contribution is -2.40. The summed E-state index contributed by atoms with van der Waals surface area (Å²) in [6.07, 6.45) is 0. The highest BCUT2D eigenvalue weighted by Gasteiger charge is 2.26. The zero-order chi connectivity index (χ0) is 19.3. The van der Waals surface area contributed by atoms with Crippen molar-refractivity contribution in [3.63, 3.8) is 0 Å². The Morgan fingerprint density at radius 2 is 1.89 bits per heavy atom. The van der Waals surface area contributed by atoms with Crippen LogP contribution in [0.1, 0.15) is 4.88 Å². The number of likely N-dealkylation sites (N-methyl/N-ethyl adjacent to an activating group) is 1. The number of hydrogen-bond donors (Lipinski definition) is 0. The molecule has 1 saturated heterocycles. The average molecular weight is 431 g/mol. The van der Waals surface area contributed by atoms with E-state index in [1.165, 1.54) is 9.18 Å². The molecule has 1 aromatic carbocycles. The van der Waals surface area contributed by atoms with E-state index >= 15 is 0 Å². The zero-order valence-electron chi connectivity index (χ0n) is 15.1. The van der Waals surface area contributed by atoms with Gasteiger partial charge in [0.25, 0.3) is 0 Å². The fraction of sp³-hybridized carbons (Fsp3) is 0.444. The lowest BCUT2D eigenvalue weighted by Gasteiger charge is -2.26. The van der Waals surface area contributed by atoms with Gasteiger partial charge in [0.1, 0.15) is 12.4 Å². The Labute approximate surface area is 169 Å². The topological polar surface area (TPSA) is 59.1 Å². The standard InChI is InChI=1S/C18H23ClN2O4S2/c1-20(14-16-4-7-18(19)26-16)8-13-25-15-2-5-17(6-3-15)27(22,23)21-9-11-24-12-10-21/h2-7H,8-14H2,1H3. The highest BCUT2D eigenvalue weighted by Crippen LogP contribution is 2.23. The second kappa shape index (κ2) is 9.36. The molecule has 9 heteroatoms. The van der Waals surface area contributed by atoms with Crippen molar-refractivity contribution in [3.05, 3.63) is 45.6 Å². The van der Waals surface area contributed by atoms with Crippen molar-refractivity contribution in [1.29, 1.82) is 0 Å². The van der Waals surface area contributed by atoms with Gasteiger partial charge in [0.15, 0.2) is 0 Å². The van der Waals surface area contributed by atoms with Gasteiger partial charge < -0.3 is 9.47 Å². The van der Waals surface area contributed by atoms with Crippen molar-refractivity contribution in [2.24, 2.45) is 0 Å². The number of sulfonamides is 1. The minimum Gasteiger partial charge on any atom is -0.492 e. The van der Waals surface area contributed by atoms with Crippen LogP contribution in [0.4, 0.5) is 0 Å². The molecule has 0 aliphatic carbocycles. The Kier molecular flexibility index (Phi) is 7.13. The number of thiophene rings is 1. The first-order valence-electron chi connectivity index (χ1n) is 8.69. The fourth-order valence-electron chi connectivity index (χ4n) is 2.75. The minimum absolute atomic E-state index is 0.281. The van der Waals surface area contributed by atoms with Gasteiger partial charge in [-0.1, -0.05) is 11.6 Å². The van der Waals surface area contributed by atoms with E-state index in [1.807, 2.05) is 19.2 Å². The molecule has 0 spiro atoms. The lowest BCUT2D eigenvalue weighted by molar-refractivity contribution is 0.0730. The van der Waals surface area contributed by atoms with E-state index in [1.54, 1.807) is 35.6 Å². The van der Waals surface area contributed by atoms with E-state index in [4.69, 9.17) is 21.1 Å². The van der Waals surface area contributed by atoms with Crippen LogP contribution in [0.5, 0.6) is 5.75 Å². The molecule has 27 heavy (non-hydrogen) atoms. The smallest absolute Gasteiger partial charge is 0.243 e. The van der Waals surface area contributed by atoms with Crippen molar-refractivity contribution < 1.29 is 17.9 Å². The van der Waals surface area contributed by atoms with Crippen LogP contribution < -0.4 is 4.74 Å². The van der Waals surface area contributed by atoms with E-state index in [9.17, 15) is 8.42 Å². The summed E-state index contributed by atoms with van der Waals surface area (Å²) < 4.78 is 38.4. The van der Waals surface area contributed by atoms with Crippen LogP contribution in [0.3, 0.4) is 0 Å². The summed E-state index contributed by atoms with van der Waals surface area (Å²) in [5.41, 5.74) is 0. The van der Waals surface area contributed by atoms with E-state index in [0.29, 0.717) is 38.7 Å². The molecule has 1 aliphatic rings. The van der Waals surface area contributed by atoms with Gasteiger partial charge in [0, 0.05) is 31.1 Å². The summed E-state index contributed by atoms with van der Waals surface area (Å²) in [5, 5.41) is 0. The molecule has 6 nitrogen and oxygen atoms in total. The van der Waals surface area contributed by atoms with Crippen molar-refractivity contribution >= 4 is 33.0 Å². The van der Waals surface area contributed by atoms with Crippen molar-refractivity contribution in [1.82, 2.24) is 9.21 Å². The maximum Gasteiger partial charge on any atom is 0.243 e. The fourth-order valence-corrected chi connectivity index (χ4v) is 5.32. The van der Waals surface area contributed by atoms with Crippen LogP contribution >= 0.6 is 22.9 Å². The molecule has 0 N–H and O–H groups in total. The van der Waals surface area contributed by atoms with Gasteiger partial charge in [-0.05, 0) is 43.4 Å². The number of nitrogens with zero attached hydrogens (tertiary/aromatic N) is 2. The van der Waals surface area contributed by atoms with Gasteiger partial charge in [-0.15, -0.1) is 11.3 Å². The van der Waals surface area contributed by atoms with Crippen LogP contribution in [0.25, 0.3) is 0 Å². The number of morpholine rings is 1. The molecule has 0 bridgehead atoms. The maximum absolute atomic E-state index is 12.6. The van der Waals surface area contributed by atoms with Crippen LogP contribution in [0.2, 0.25) is 4.34 Å². The van der Waals surface area contributed by atoms with Crippen molar-refractivity contribution in [2.75, 3.05) is 46.5 Å². The van der Waals surface area contributed by atoms with E-state index < -0.39 is 10.0 Å². The van der Waals surface area contributed by atoms with E-state index in [2.05, 4.69) is 4.90 Å². The first kappa shape index (κ1) is 20.6. The lowest BCUT2D eigenvalue weighted by atomic mass is 10.3. The van der Waals surface area contributed by atoms with Crippen molar-refractivity contribution in [3.8, 4) is 5.75 Å². The summed E-state index contributed by atoms with van der Waals surface area (Å²) in [6.45, 7) is 3.74. The number of hydrogen-bond acceptors (Lipinski definition) is 6. The van der Waals surface area contributed by atoms with Gasteiger partial charge in [-0.2, -0.15) is 4.31 Å². The number of halogens is 1. The van der Waals surface area contributed by atoms with Crippen LogP contribution in [-0.2, 0) is 21.3 Å². The predicted molar refractivity (Wildman–Crippen MR) is 107 cm³/mol. The second-order valence-electron chi connectivity index (χ2n) is 6.28.